The van der Waals surface area contributed by atoms with E-state index in [-0.39, 0.29) is 40.9 Å². The average molecular weight is 508 g/mol. The number of rotatable bonds is 9. The molecule has 0 aliphatic carbocycles. The molecule has 192 valence electrons. The molecule has 3 heterocycles. The van der Waals surface area contributed by atoms with Crippen LogP contribution in [-0.2, 0) is 21.4 Å². The standard InChI is InChI=1S/C23H33N5O6S/c1-13(2)17-9-19(33-6)25-20(14(3)4)21(17)26-23(30)27-35(31,32)18-10-24-28-11-16(8-7-15(5)29)12-34-22(18)28/h9-10,13-14,16H,7-8,11-12H2,1-6H3,(H2,26,27,30). The lowest BCUT2D eigenvalue weighted by Gasteiger charge is -2.24. The molecular formula is C23H33N5O6S. The van der Waals surface area contributed by atoms with Gasteiger partial charge in [-0.25, -0.2) is 27.6 Å². The van der Waals surface area contributed by atoms with Crippen molar-refractivity contribution in [2.75, 3.05) is 19.0 Å². The van der Waals surface area contributed by atoms with Crippen LogP contribution in [0.4, 0.5) is 10.5 Å². The number of hydrogen-bond donors (Lipinski definition) is 2. The van der Waals surface area contributed by atoms with E-state index in [2.05, 4.69) is 20.1 Å². The maximum atomic E-state index is 13.0. The molecule has 1 atom stereocenters. The van der Waals surface area contributed by atoms with Crippen molar-refractivity contribution in [2.24, 2.45) is 5.92 Å². The van der Waals surface area contributed by atoms with Crippen molar-refractivity contribution in [3.63, 3.8) is 0 Å². The van der Waals surface area contributed by atoms with E-state index >= 15 is 0 Å². The zero-order chi connectivity index (χ0) is 25.9. The fourth-order valence-electron chi connectivity index (χ4n) is 3.88. The average Bonchev–Trinajstić information content (AvgIpc) is 3.21. The van der Waals surface area contributed by atoms with E-state index in [1.807, 2.05) is 27.7 Å². The van der Waals surface area contributed by atoms with Crippen LogP contribution in [-0.4, -0.2) is 48.7 Å². The summed E-state index contributed by atoms with van der Waals surface area (Å²) in [5, 5.41) is 6.80. The third-order valence-electron chi connectivity index (χ3n) is 5.74. The van der Waals surface area contributed by atoms with Gasteiger partial charge in [0.1, 0.15) is 5.78 Å². The molecule has 0 bridgehead atoms. The quantitative estimate of drug-likeness (QED) is 0.526. The first-order chi connectivity index (χ1) is 16.4. The monoisotopic (exact) mass is 507 g/mol. The Labute approximate surface area is 205 Å². The van der Waals surface area contributed by atoms with Crippen molar-refractivity contribution in [3.05, 3.63) is 23.5 Å². The number of sulfonamides is 1. The van der Waals surface area contributed by atoms with Crippen LogP contribution in [0.1, 0.15) is 70.6 Å². The zero-order valence-electron chi connectivity index (χ0n) is 20.9. The van der Waals surface area contributed by atoms with E-state index < -0.39 is 16.1 Å². The normalized spacial score (nSPS) is 15.5. The van der Waals surface area contributed by atoms with Crippen LogP contribution in [0.5, 0.6) is 11.8 Å². The van der Waals surface area contributed by atoms with Crippen LogP contribution < -0.4 is 19.5 Å². The van der Waals surface area contributed by atoms with E-state index in [4.69, 9.17) is 9.47 Å². The molecule has 2 aromatic rings. The number of carbonyl (C=O) groups excluding carboxylic acids is 2. The van der Waals surface area contributed by atoms with Gasteiger partial charge in [0.2, 0.25) is 11.8 Å². The second-order valence-electron chi connectivity index (χ2n) is 9.30. The van der Waals surface area contributed by atoms with Gasteiger partial charge in [0, 0.05) is 18.4 Å². The molecule has 3 rings (SSSR count). The number of Topliss-reactive ketones (excluding diaryl/α,β-unsaturated/α-hetero) is 1. The molecule has 0 fully saturated rings. The Morgan fingerprint density at radius 3 is 2.57 bits per heavy atom. The van der Waals surface area contributed by atoms with Gasteiger partial charge in [0.05, 0.1) is 37.8 Å². The fourth-order valence-corrected chi connectivity index (χ4v) is 4.87. The van der Waals surface area contributed by atoms with E-state index in [1.165, 1.54) is 18.7 Å². The largest absolute Gasteiger partial charge is 0.481 e. The molecule has 1 unspecified atom stereocenters. The number of fused-ring (bicyclic) bond motifs is 1. The number of ketones is 1. The predicted molar refractivity (Wildman–Crippen MR) is 129 cm³/mol. The number of carbonyl (C=O) groups is 2. The molecule has 0 saturated carbocycles. The van der Waals surface area contributed by atoms with Crippen LogP contribution in [0.2, 0.25) is 0 Å². The summed E-state index contributed by atoms with van der Waals surface area (Å²) < 4.78 is 40.5. The van der Waals surface area contributed by atoms with Gasteiger partial charge in [-0.3, -0.25) is 0 Å². The number of anilines is 1. The molecule has 35 heavy (non-hydrogen) atoms. The van der Waals surface area contributed by atoms with E-state index in [0.717, 1.165) is 11.8 Å². The summed E-state index contributed by atoms with van der Waals surface area (Å²) in [5.74, 6) is 0.583. The number of nitrogens with one attached hydrogen (secondary N) is 2. The summed E-state index contributed by atoms with van der Waals surface area (Å²) in [5.41, 5.74) is 1.81. The minimum atomic E-state index is -4.27. The van der Waals surface area contributed by atoms with Gasteiger partial charge in [-0.15, -0.1) is 0 Å². The number of urea groups is 1. The number of pyridine rings is 1. The van der Waals surface area contributed by atoms with Gasteiger partial charge in [-0.2, -0.15) is 5.10 Å². The van der Waals surface area contributed by atoms with E-state index in [1.54, 1.807) is 6.07 Å². The number of amides is 2. The molecule has 1 aliphatic rings. The smallest absolute Gasteiger partial charge is 0.333 e. The molecule has 0 radical (unpaired) electrons. The SMILES string of the molecule is COc1cc(C(C)C)c(NC(=O)NS(=O)(=O)c2cnn3c2OCC(CCC(C)=O)C3)c(C(C)C)n1. The van der Waals surface area contributed by atoms with Crippen molar-refractivity contribution < 1.29 is 27.5 Å². The minimum absolute atomic E-state index is 0.0170. The first-order valence-electron chi connectivity index (χ1n) is 11.5. The number of nitrogens with zero attached hydrogens (tertiary/aromatic N) is 3. The molecule has 12 heteroatoms. The van der Waals surface area contributed by atoms with E-state index in [0.29, 0.717) is 36.6 Å². The summed E-state index contributed by atoms with van der Waals surface area (Å²) in [6.45, 7) is 9.98. The highest BCUT2D eigenvalue weighted by Crippen LogP contribution is 2.34. The number of hydrogen-bond acceptors (Lipinski definition) is 8. The third-order valence-corrected chi connectivity index (χ3v) is 7.05. The zero-order valence-corrected chi connectivity index (χ0v) is 21.7. The van der Waals surface area contributed by atoms with Crippen molar-refractivity contribution in [1.29, 1.82) is 0 Å². The summed E-state index contributed by atoms with van der Waals surface area (Å²) in [4.78, 5) is 28.3. The fraction of sp³-hybridized carbons (Fsp3) is 0.565. The molecular weight excluding hydrogens is 474 g/mol. The highest BCUT2D eigenvalue weighted by atomic mass is 32.2. The van der Waals surface area contributed by atoms with Crippen LogP contribution in [0.15, 0.2) is 17.2 Å². The van der Waals surface area contributed by atoms with Gasteiger partial charge >= 0.3 is 6.03 Å². The van der Waals surface area contributed by atoms with E-state index in [9.17, 15) is 18.0 Å². The molecule has 0 spiro atoms. The van der Waals surface area contributed by atoms with Crippen molar-refractivity contribution in [1.82, 2.24) is 19.5 Å². The molecule has 2 aromatic heterocycles. The molecule has 0 saturated heterocycles. The lowest BCUT2D eigenvalue weighted by molar-refractivity contribution is -0.117. The summed E-state index contributed by atoms with van der Waals surface area (Å²) in [7, 11) is -2.75. The summed E-state index contributed by atoms with van der Waals surface area (Å²) in [6.07, 6.45) is 2.21. The van der Waals surface area contributed by atoms with Crippen molar-refractivity contribution in [3.8, 4) is 11.8 Å². The lowest BCUT2D eigenvalue weighted by Crippen LogP contribution is -2.35. The Bertz CT molecular complexity index is 1180. The number of aromatic nitrogens is 3. The van der Waals surface area contributed by atoms with Gasteiger partial charge in [-0.05, 0) is 30.7 Å². The lowest BCUT2D eigenvalue weighted by atomic mass is 9.97. The van der Waals surface area contributed by atoms with Gasteiger partial charge < -0.3 is 19.6 Å². The Hall–Kier alpha value is -3.15. The van der Waals surface area contributed by atoms with Gasteiger partial charge in [0.15, 0.2) is 4.90 Å². The Kier molecular flexibility index (Phi) is 8.04. The number of ether oxygens (including phenoxy) is 2. The van der Waals surface area contributed by atoms with Gasteiger partial charge in [0.25, 0.3) is 10.0 Å². The predicted octanol–water partition coefficient (Wildman–Crippen LogP) is 3.42. The first-order valence-corrected chi connectivity index (χ1v) is 13.0. The first kappa shape index (κ1) is 26.5. The maximum absolute atomic E-state index is 13.0. The van der Waals surface area contributed by atoms with Crippen molar-refractivity contribution >= 4 is 27.5 Å². The Morgan fingerprint density at radius 2 is 1.97 bits per heavy atom. The van der Waals surface area contributed by atoms with Crippen LogP contribution >= 0.6 is 0 Å². The van der Waals surface area contributed by atoms with Gasteiger partial charge in [-0.1, -0.05) is 27.7 Å². The molecule has 1 aliphatic heterocycles. The molecule has 2 N–H and O–H groups in total. The van der Waals surface area contributed by atoms with Crippen LogP contribution in [0.25, 0.3) is 0 Å². The number of methoxy groups -OCH3 is 1. The summed E-state index contributed by atoms with van der Waals surface area (Å²) in [6, 6.07) is 0.807. The van der Waals surface area contributed by atoms with Crippen LogP contribution in [0.3, 0.4) is 0 Å². The topological polar surface area (TPSA) is 142 Å². The highest BCUT2D eigenvalue weighted by molar-refractivity contribution is 7.90. The minimum Gasteiger partial charge on any atom is -0.481 e. The molecule has 2 amide bonds. The molecule has 11 nitrogen and oxygen atoms in total. The van der Waals surface area contributed by atoms with Crippen LogP contribution in [0, 0.1) is 5.92 Å². The highest BCUT2D eigenvalue weighted by Gasteiger charge is 2.31. The Morgan fingerprint density at radius 1 is 1.26 bits per heavy atom. The summed E-state index contributed by atoms with van der Waals surface area (Å²) >= 11 is 0. The van der Waals surface area contributed by atoms with Crippen molar-refractivity contribution in [2.45, 2.75) is 70.7 Å². The Balaban J connectivity index is 1.80. The maximum Gasteiger partial charge on any atom is 0.333 e. The second kappa shape index (κ2) is 10.6. The second-order valence-corrected chi connectivity index (χ2v) is 10.9. The molecule has 0 aromatic carbocycles. The third kappa shape index (κ3) is 6.11.